The van der Waals surface area contributed by atoms with Gasteiger partial charge in [-0.1, -0.05) is 54.6 Å². The second-order valence-corrected chi connectivity index (χ2v) is 7.86. The molecule has 1 heterocycles. The maximum Gasteiger partial charge on any atom is 0.224 e. The fourth-order valence-corrected chi connectivity index (χ4v) is 3.91. The molecular weight excluding hydrogens is 416 g/mol. The first-order valence-corrected chi connectivity index (χ1v) is 10.7. The third kappa shape index (κ3) is 3.85. The first-order chi connectivity index (χ1) is 16.0. The molecule has 0 saturated heterocycles. The highest BCUT2D eigenvalue weighted by Gasteiger charge is 2.29. The van der Waals surface area contributed by atoms with Crippen molar-refractivity contribution >= 4 is 23.2 Å². The molecule has 0 radical (unpaired) electrons. The minimum Gasteiger partial charge on any atom is -0.326 e. The van der Waals surface area contributed by atoms with Crippen LogP contribution in [0.15, 0.2) is 72.9 Å². The SMILES string of the molecule is CCC(=O)Nc1ccc(-c2cn(Cc3ccc4c(c3)C(=O)c3ccccc3C4=O)nn2)cc1. The van der Waals surface area contributed by atoms with Crippen LogP contribution in [0.25, 0.3) is 11.3 Å². The van der Waals surface area contributed by atoms with E-state index in [0.717, 1.165) is 16.8 Å². The van der Waals surface area contributed by atoms with Crippen LogP contribution in [0, 0.1) is 0 Å². The highest BCUT2D eigenvalue weighted by atomic mass is 16.2. The Morgan fingerprint density at radius 2 is 1.55 bits per heavy atom. The lowest BCUT2D eigenvalue weighted by molar-refractivity contribution is -0.115. The number of nitrogens with one attached hydrogen (secondary N) is 1. The van der Waals surface area contributed by atoms with Gasteiger partial charge in [-0.3, -0.25) is 14.4 Å². The van der Waals surface area contributed by atoms with Gasteiger partial charge in [-0.05, 0) is 29.8 Å². The summed E-state index contributed by atoms with van der Waals surface area (Å²) in [5.74, 6) is -0.313. The second kappa shape index (κ2) is 8.27. The molecule has 1 aromatic heterocycles. The number of hydrogen-bond donors (Lipinski definition) is 1. The number of aromatic nitrogens is 3. The van der Waals surface area contributed by atoms with Crippen LogP contribution >= 0.6 is 0 Å². The number of benzene rings is 3. The summed E-state index contributed by atoms with van der Waals surface area (Å²) in [4.78, 5) is 37.3. The van der Waals surface area contributed by atoms with Crippen molar-refractivity contribution in [2.45, 2.75) is 19.9 Å². The van der Waals surface area contributed by atoms with Gasteiger partial charge in [0.2, 0.25) is 5.91 Å². The molecule has 3 aromatic carbocycles. The van der Waals surface area contributed by atoms with Gasteiger partial charge in [0.15, 0.2) is 11.6 Å². The maximum atomic E-state index is 12.9. The Balaban J connectivity index is 1.36. The lowest BCUT2D eigenvalue weighted by Gasteiger charge is -2.18. The van der Waals surface area contributed by atoms with Crippen molar-refractivity contribution in [2.75, 3.05) is 5.32 Å². The largest absolute Gasteiger partial charge is 0.326 e. The zero-order valence-electron chi connectivity index (χ0n) is 17.9. The molecule has 1 aliphatic rings. The van der Waals surface area contributed by atoms with Gasteiger partial charge in [0, 0.05) is 39.9 Å². The van der Waals surface area contributed by atoms with Crippen LogP contribution in [0.2, 0.25) is 0 Å². The predicted octanol–water partition coefficient (Wildman–Crippen LogP) is 4.12. The summed E-state index contributed by atoms with van der Waals surface area (Å²) >= 11 is 0. The molecule has 1 N–H and O–H groups in total. The van der Waals surface area contributed by atoms with Crippen molar-refractivity contribution in [1.82, 2.24) is 15.0 Å². The summed E-state index contributed by atoms with van der Waals surface area (Å²) in [7, 11) is 0. The van der Waals surface area contributed by atoms with Crippen LogP contribution in [0.5, 0.6) is 0 Å². The van der Waals surface area contributed by atoms with Crippen LogP contribution in [0.3, 0.4) is 0 Å². The second-order valence-electron chi connectivity index (χ2n) is 7.86. The van der Waals surface area contributed by atoms with Gasteiger partial charge in [0.1, 0.15) is 5.69 Å². The zero-order valence-corrected chi connectivity index (χ0v) is 17.9. The van der Waals surface area contributed by atoms with Gasteiger partial charge in [-0.15, -0.1) is 5.10 Å². The number of anilines is 1. The number of amides is 1. The van der Waals surface area contributed by atoms with E-state index in [4.69, 9.17) is 0 Å². The molecule has 0 saturated carbocycles. The summed E-state index contributed by atoms with van der Waals surface area (Å²) in [6.07, 6.45) is 2.24. The van der Waals surface area contributed by atoms with Crippen LogP contribution in [0.4, 0.5) is 5.69 Å². The number of nitrogens with zero attached hydrogens (tertiary/aromatic N) is 3. The zero-order chi connectivity index (χ0) is 22.9. The Bertz CT molecular complexity index is 1400. The average Bonchev–Trinajstić information content (AvgIpc) is 3.31. The van der Waals surface area contributed by atoms with E-state index in [2.05, 4.69) is 15.6 Å². The summed E-state index contributed by atoms with van der Waals surface area (Å²) in [6, 6.07) is 19.6. The molecule has 0 unspecified atom stereocenters. The van der Waals surface area contributed by atoms with Crippen molar-refractivity contribution in [1.29, 1.82) is 0 Å². The molecule has 0 atom stereocenters. The molecule has 33 heavy (non-hydrogen) atoms. The summed E-state index contributed by atoms with van der Waals surface area (Å²) < 4.78 is 1.69. The molecule has 0 fully saturated rings. The van der Waals surface area contributed by atoms with Crippen molar-refractivity contribution in [2.24, 2.45) is 0 Å². The highest BCUT2D eigenvalue weighted by Crippen LogP contribution is 2.28. The molecule has 1 aliphatic carbocycles. The van der Waals surface area contributed by atoms with E-state index in [1.165, 1.54) is 0 Å². The van der Waals surface area contributed by atoms with Gasteiger partial charge in [0.25, 0.3) is 0 Å². The first-order valence-electron chi connectivity index (χ1n) is 10.7. The van der Waals surface area contributed by atoms with Gasteiger partial charge in [-0.25, -0.2) is 4.68 Å². The number of hydrogen-bond acceptors (Lipinski definition) is 5. The average molecular weight is 436 g/mol. The van der Waals surface area contributed by atoms with Crippen LogP contribution < -0.4 is 5.32 Å². The molecular formula is C26H20N4O3. The number of fused-ring (bicyclic) bond motifs is 2. The molecule has 5 rings (SSSR count). The highest BCUT2D eigenvalue weighted by molar-refractivity contribution is 6.28. The Morgan fingerprint density at radius 3 is 2.24 bits per heavy atom. The first kappa shape index (κ1) is 20.5. The molecule has 0 aliphatic heterocycles. The van der Waals surface area contributed by atoms with Crippen molar-refractivity contribution in [3.8, 4) is 11.3 Å². The van der Waals surface area contributed by atoms with Crippen molar-refractivity contribution < 1.29 is 14.4 Å². The number of rotatable bonds is 5. The van der Waals surface area contributed by atoms with E-state index in [1.54, 1.807) is 48.0 Å². The smallest absolute Gasteiger partial charge is 0.224 e. The predicted molar refractivity (Wildman–Crippen MR) is 123 cm³/mol. The topological polar surface area (TPSA) is 94.0 Å². The fourth-order valence-electron chi connectivity index (χ4n) is 3.91. The lowest BCUT2D eigenvalue weighted by Crippen LogP contribution is -2.21. The molecule has 162 valence electrons. The van der Waals surface area contributed by atoms with E-state index in [9.17, 15) is 14.4 Å². The number of carbonyl (C=O) groups excluding carboxylic acids is 3. The van der Waals surface area contributed by atoms with Crippen LogP contribution in [0.1, 0.15) is 50.8 Å². The molecule has 0 spiro atoms. The van der Waals surface area contributed by atoms with E-state index in [1.807, 2.05) is 36.5 Å². The third-order valence-corrected chi connectivity index (χ3v) is 5.66. The molecule has 4 aromatic rings. The summed E-state index contributed by atoms with van der Waals surface area (Å²) in [5.41, 5.74) is 4.88. The van der Waals surface area contributed by atoms with Gasteiger partial charge < -0.3 is 5.32 Å². The molecule has 0 bridgehead atoms. The summed E-state index contributed by atoms with van der Waals surface area (Å²) in [5, 5.41) is 11.3. The monoisotopic (exact) mass is 436 g/mol. The standard InChI is InChI=1S/C26H20N4O3/c1-2-24(31)27-18-10-8-17(9-11-18)23-15-30(29-28-23)14-16-7-12-21-22(13-16)26(33)20-6-4-3-5-19(20)25(21)32/h3-13,15H,2,14H2,1H3,(H,27,31). The number of ketones is 2. The van der Waals surface area contributed by atoms with Gasteiger partial charge in [0.05, 0.1) is 12.7 Å². The van der Waals surface area contributed by atoms with E-state index in [-0.39, 0.29) is 17.5 Å². The Labute approximate surface area is 190 Å². The van der Waals surface area contributed by atoms with E-state index < -0.39 is 0 Å². The third-order valence-electron chi connectivity index (χ3n) is 5.66. The van der Waals surface area contributed by atoms with Crippen LogP contribution in [-0.2, 0) is 11.3 Å². The Hall–Kier alpha value is -4.39. The normalized spacial score (nSPS) is 12.3. The fraction of sp³-hybridized carbons (Fsp3) is 0.115. The van der Waals surface area contributed by atoms with Gasteiger partial charge in [-0.2, -0.15) is 0 Å². The Morgan fingerprint density at radius 1 is 0.879 bits per heavy atom. The summed E-state index contributed by atoms with van der Waals surface area (Å²) in [6.45, 7) is 2.21. The Kier molecular flexibility index (Phi) is 5.14. The molecule has 7 heteroatoms. The quantitative estimate of drug-likeness (QED) is 0.447. The molecule has 7 nitrogen and oxygen atoms in total. The van der Waals surface area contributed by atoms with E-state index >= 15 is 0 Å². The van der Waals surface area contributed by atoms with Crippen molar-refractivity contribution in [3.05, 3.63) is 101 Å². The minimum atomic E-state index is -0.142. The lowest BCUT2D eigenvalue weighted by atomic mass is 9.83. The minimum absolute atomic E-state index is 0.0394. The van der Waals surface area contributed by atoms with Crippen molar-refractivity contribution in [3.63, 3.8) is 0 Å². The number of carbonyl (C=O) groups is 3. The van der Waals surface area contributed by atoms with Crippen LogP contribution in [-0.4, -0.2) is 32.5 Å². The van der Waals surface area contributed by atoms with Gasteiger partial charge >= 0.3 is 0 Å². The molecule has 1 amide bonds. The maximum absolute atomic E-state index is 12.9. The van der Waals surface area contributed by atoms with E-state index in [0.29, 0.717) is 40.9 Å².